The molecular weight excluding hydrogens is 230 g/mol. The van der Waals surface area contributed by atoms with Crippen molar-refractivity contribution >= 4 is 11.7 Å². The Labute approximate surface area is 110 Å². The van der Waals surface area contributed by atoms with Crippen molar-refractivity contribution in [3.63, 3.8) is 0 Å². The lowest BCUT2D eigenvalue weighted by Gasteiger charge is -2.31. The molecule has 0 saturated heterocycles. The first-order valence-electron chi connectivity index (χ1n) is 6.69. The van der Waals surface area contributed by atoms with Crippen molar-refractivity contribution in [3.05, 3.63) is 0 Å². The van der Waals surface area contributed by atoms with Gasteiger partial charge in [-0.1, -0.05) is 31.8 Å². The zero-order valence-electron chi connectivity index (χ0n) is 12.1. The van der Waals surface area contributed by atoms with Crippen LogP contribution < -0.4 is 5.73 Å². The summed E-state index contributed by atoms with van der Waals surface area (Å²) < 4.78 is 0. The van der Waals surface area contributed by atoms with E-state index in [4.69, 9.17) is 10.9 Å². The molecule has 0 atom stereocenters. The molecule has 0 heterocycles. The molecule has 18 heavy (non-hydrogen) atoms. The largest absolute Gasteiger partial charge is 0.409 e. The summed E-state index contributed by atoms with van der Waals surface area (Å²) in [5.41, 5.74) is 4.65. The van der Waals surface area contributed by atoms with Gasteiger partial charge in [0.1, 0.15) is 5.41 Å². The van der Waals surface area contributed by atoms with Gasteiger partial charge in [0.15, 0.2) is 5.84 Å². The van der Waals surface area contributed by atoms with E-state index in [0.29, 0.717) is 0 Å². The molecule has 0 spiro atoms. The molecule has 0 unspecified atom stereocenters. The first-order valence-corrected chi connectivity index (χ1v) is 6.69. The summed E-state index contributed by atoms with van der Waals surface area (Å²) in [6, 6.07) is 0. The van der Waals surface area contributed by atoms with Crippen LogP contribution in [0, 0.1) is 5.41 Å². The van der Waals surface area contributed by atoms with Crippen LogP contribution in [0.5, 0.6) is 0 Å². The Morgan fingerprint density at radius 3 is 2.00 bits per heavy atom. The second-order valence-corrected chi connectivity index (χ2v) is 5.11. The van der Waals surface area contributed by atoms with Crippen LogP contribution in [0.3, 0.4) is 0 Å². The van der Waals surface area contributed by atoms with Gasteiger partial charge >= 0.3 is 0 Å². The maximum Gasteiger partial charge on any atom is 0.235 e. The number of carbonyl (C=O) groups is 1. The molecular formula is C13H27N3O2. The van der Waals surface area contributed by atoms with Crippen LogP contribution >= 0.6 is 0 Å². The van der Waals surface area contributed by atoms with E-state index in [9.17, 15) is 4.79 Å². The number of amidine groups is 1. The van der Waals surface area contributed by atoms with Gasteiger partial charge in [-0.2, -0.15) is 0 Å². The highest BCUT2D eigenvalue weighted by atomic mass is 16.4. The van der Waals surface area contributed by atoms with Crippen LogP contribution in [0.4, 0.5) is 0 Å². The average Bonchev–Trinajstić information content (AvgIpc) is 2.37. The molecule has 0 fully saturated rings. The monoisotopic (exact) mass is 257 g/mol. The number of rotatable bonds is 8. The lowest BCUT2D eigenvalue weighted by atomic mass is 9.90. The molecule has 0 aliphatic carbocycles. The summed E-state index contributed by atoms with van der Waals surface area (Å²) in [6.07, 6.45) is 4.03. The van der Waals surface area contributed by atoms with E-state index in [2.05, 4.69) is 19.0 Å². The van der Waals surface area contributed by atoms with Crippen LogP contribution in [0.2, 0.25) is 0 Å². The van der Waals surface area contributed by atoms with Gasteiger partial charge in [0.2, 0.25) is 5.91 Å². The molecule has 0 aromatic heterocycles. The average molecular weight is 257 g/mol. The number of oxime groups is 1. The number of nitrogens with zero attached hydrogens (tertiary/aromatic N) is 2. The molecule has 1 amide bonds. The van der Waals surface area contributed by atoms with E-state index < -0.39 is 5.41 Å². The fourth-order valence-corrected chi connectivity index (χ4v) is 1.64. The van der Waals surface area contributed by atoms with Crippen molar-refractivity contribution < 1.29 is 10.0 Å². The molecule has 0 aliphatic heterocycles. The fraction of sp³-hybridized carbons (Fsp3) is 0.846. The number of nitrogens with two attached hydrogens (primary N) is 1. The highest BCUT2D eigenvalue weighted by Crippen LogP contribution is 2.20. The first kappa shape index (κ1) is 16.7. The van der Waals surface area contributed by atoms with Crippen molar-refractivity contribution in [1.82, 2.24) is 4.90 Å². The molecule has 106 valence electrons. The number of carbonyl (C=O) groups excluding carboxylic acids is 1. The van der Waals surface area contributed by atoms with Crippen LogP contribution in [0.15, 0.2) is 5.16 Å². The maximum absolute atomic E-state index is 12.4. The van der Waals surface area contributed by atoms with Crippen molar-refractivity contribution in [3.8, 4) is 0 Å². The van der Waals surface area contributed by atoms with E-state index >= 15 is 0 Å². The molecule has 0 aromatic rings. The number of unbranched alkanes of at least 4 members (excludes halogenated alkanes) is 2. The quantitative estimate of drug-likeness (QED) is 0.303. The molecule has 0 rings (SSSR count). The Morgan fingerprint density at radius 2 is 1.67 bits per heavy atom. The predicted octanol–water partition coefficient (Wildman–Crippen LogP) is 2.19. The standard InChI is InChI=1S/C13H27N3O2/c1-5-7-9-16(10-8-6-2)12(17)13(3,4)11(14)15-18/h18H,5-10H2,1-4H3,(H2,14,15). The molecule has 5 heteroatoms. The van der Waals surface area contributed by atoms with E-state index in [-0.39, 0.29) is 11.7 Å². The smallest absolute Gasteiger partial charge is 0.235 e. The van der Waals surface area contributed by atoms with Crippen LogP contribution in [-0.4, -0.2) is 34.9 Å². The molecule has 0 radical (unpaired) electrons. The van der Waals surface area contributed by atoms with Crippen LogP contribution in [0.1, 0.15) is 53.4 Å². The zero-order chi connectivity index (χ0) is 14.2. The summed E-state index contributed by atoms with van der Waals surface area (Å²) in [6.45, 7) is 9.04. The molecule has 0 aliphatic rings. The van der Waals surface area contributed by atoms with Crippen molar-refractivity contribution in [2.75, 3.05) is 13.1 Å². The summed E-state index contributed by atoms with van der Waals surface area (Å²) in [7, 11) is 0. The topological polar surface area (TPSA) is 78.9 Å². The normalized spacial score (nSPS) is 12.6. The van der Waals surface area contributed by atoms with Gasteiger partial charge in [-0.25, -0.2) is 0 Å². The minimum absolute atomic E-state index is 0.0366. The Balaban J connectivity index is 4.81. The highest BCUT2D eigenvalue weighted by molar-refractivity contribution is 6.05. The third-order valence-corrected chi connectivity index (χ3v) is 3.13. The van der Waals surface area contributed by atoms with E-state index in [1.54, 1.807) is 13.8 Å². The molecule has 5 nitrogen and oxygen atoms in total. The Morgan fingerprint density at radius 1 is 1.22 bits per heavy atom. The number of hydrogen-bond donors (Lipinski definition) is 2. The van der Waals surface area contributed by atoms with Crippen LogP contribution in [0.25, 0.3) is 0 Å². The van der Waals surface area contributed by atoms with Crippen molar-refractivity contribution in [2.24, 2.45) is 16.3 Å². The molecule has 0 saturated carbocycles. The Kier molecular flexibility index (Phi) is 7.39. The van der Waals surface area contributed by atoms with Crippen LogP contribution in [-0.2, 0) is 4.79 Å². The highest BCUT2D eigenvalue weighted by Gasteiger charge is 2.36. The van der Waals surface area contributed by atoms with Gasteiger partial charge in [-0.15, -0.1) is 0 Å². The minimum Gasteiger partial charge on any atom is -0.409 e. The summed E-state index contributed by atoms with van der Waals surface area (Å²) in [5.74, 6) is -0.106. The fourth-order valence-electron chi connectivity index (χ4n) is 1.64. The molecule has 0 aromatic carbocycles. The molecule has 0 bridgehead atoms. The summed E-state index contributed by atoms with van der Waals surface area (Å²) >= 11 is 0. The van der Waals surface area contributed by atoms with E-state index in [0.717, 1.165) is 38.8 Å². The van der Waals surface area contributed by atoms with Gasteiger partial charge in [0.25, 0.3) is 0 Å². The van der Waals surface area contributed by atoms with Gasteiger partial charge in [-0.3, -0.25) is 4.79 Å². The Bertz CT molecular complexity index is 280. The maximum atomic E-state index is 12.4. The number of hydrogen-bond acceptors (Lipinski definition) is 3. The van der Waals surface area contributed by atoms with Gasteiger partial charge in [-0.05, 0) is 26.7 Å². The number of amides is 1. The van der Waals surface area contributed by atoms with Gasteiger partial charge < -0.3 is 15.8 Å². The second kappa shape index (κ2) is 7.95. The van der Waals surface area contributed by atoms with E-state index in [1.165, 1.54) is 0 Å². The second-order valence-electron chi connectivity index (χ2n) is 5.11. The summed E-state index contributed by atoms with van der Waals surface area (Å²) in [4.78, 5) is 14.3. The van der Waals surface area contributed by atoms with Gasteiger partial charge in [0.05, 0.1) is 0 Å². The first-order chi connectivity index (χ1) is 8.41. The Hall–Kier alpha value is -1.26. The zero-order valence-corrected chi connectivity index (χ0v) is 12.1. The summed E-state index contributed by atoms with van der Waals surface area (Å²) in [5, 5.41) is 11.7. The van der Waals surface area contributed by atoms with Crippen molar-refractivity contribution in [1.29, 1.82) is 0 Å². The SMILES string of the molecule is CCCCN(CCCC)C(=O)C(C)(C)C(N)=NO. The minimum atomic E-state index is -0.948. The van der Waals surface area contributed by atoms with Crippen molar-refractivity contribution in [2.45, 2.75) is 53.4 Å². The third kappa shape index (κ3) is 4.55. The lowest BCUT2D eigenvalue weighted by Crippen LogP contribution is -2.48. The lowest BCUT2D eigenvalue weighted by molar-refractivity contribution is -0.137. The molecule has 3 N–H and O–H groups in total. The third-order valence-electron chi connectivity index (χ3n) is 3.13. The van der Waals surface area contributed by atoms with Gasteiger partial charge in [0, 0.05) is 13.1 Å². The predicted molar refractivity (Wildman–Crippen MR) is 73.6 cm³/mol. The van der Waals surface area contributed by atoms with E-state index in [1.807, 2.05) is 4.90 Å².